The van der Waals surface area contributed by atoms with Crippen LogP contribution in [-0.4, -0.2) is 23.5 Å². The number of pyridine rings is 1. The summed E-state index contributed by atoms with van der Waals surface area (Å²) in [6.07, 6.45) is 1.51. The zero-order chi connectivity index (χ0) is 11.7. The van der Waals surface area contributed by atoms with Crippen LogP contribution in [0.25, 0.3) is 5.88 Å². The Morgan fingerprint density at radius 3 is 2.88 bits per heavy atom. The Hall–Kier alpha value is -2.17. The average molecular weight is 220 g/mol. The molecule has 2 rings (SSSR count). The third-order valence-corrected chi connectivity index (χ3v) is 2.25. The third-order valence-electron chi connectivity index (χ3n) is 2.25. The van der Waals surface area contributed by atoms with Gasteiger partial charge in [0.1, 0.15) is 0 Å². The minimum atomic E-state index is -0.797. The van der Waals surface area contributed by atoms with E-state index < -0.39 is 11.8 Å². The quantitative estimate of drug-likeness (QED) is 0.446. The second kappa shape index (κ2) is 3.77. The van der Waals surface area contributed by atoms with Gasteiger partial charge in [-0.2, -0.15) is 0 Å². The van der Waals surface area contributed by atoms with Gasteiger partial charge in [0.2, 0.25) is 5.57 Å². The number of carbonyl (C=O) groups is 2. The lowest BCUT2D eigenvalue weighted by molar-refractivity contribution is -0.598. The first-order chi connectivity index (χ1) is 7.66. The van der Waals surface area contributed by atoms with Crippen LogP contribution in [0.3, 0.4) is 0 Å². The number of hydrogen-bond donors (Lipinski definition) is 1. The molecule has 0 saturated heterocycles. The molecule has 0 amide bonds. The first kappa shape index (κ1) is 10.4. The molecule has 1 aliphatic heterocycles. The van der Waals surface area contributed by atoms with Gasteiger partial charge in [-0.3, -0.25) is 4.79 Å². The first-order valence-electron chi connectivity index (χ1n) is 4.83. The number of ketones is 1. The minimum absolute atomic E-state index is 0.157. The zero-order valence-electron chi connectivity index (χ0n) is 8.64. The SMILES string of the molecule is CCOC(=O)C1=C(O)[n+]2ccccc2C1=O. The van der Waals surface area contributed by atoms with Crippen molar-refractivity contribution >= 4 is 17.6 Å². The van der Waals surface area contributed by atoms with Gasteiger partial charge in [0.05, 0.1) is 6.61 Å². The molecule has 5 nitrogen and oxygen atoms in total. The van der Waals surface area contributed by atoms with Gasteiger partial charge in [-0.25, -0.2) is 4.79 Å². The summed E-state index contributed by atoms with van der Waals surface area (Å²) < 4.78 is 5.97. The minimum Gasteiger partial charge on any atom is -0.462 e. The van der Waals surface area contributed by atoms with E-state index in [-0.39, 0.29) is 23.8 Å². The van der Waals surface area contributed by atoms with E-state index in [1.54, 1.807) is 19.1 Å². The zero-order valence-corrected chi connectivity index (χ0v) is 8.64. The third kappa shape index (κ3) is 1.37. The predicted molar refractivity (Wildman–Crippen MR) is 53.4 cm³/mol. The lowest BCUT2D eigenvalue weighted by Crippen LogP contribution is -2.33. The van der Waals surface area contributed by atoms with E-state index in [1.807, 2.05) is 0 Å². The number of fused-ring (bicyclic) bond motifs is 1. The Bertz CT molecular complexity index is 504. The average Bonchev–Trinajstić information content (AvgIpc) is 2.53. The van der Waals surface area contributed by atoms with Gasteiger partial charge in [-0.15, -0.1) is 4.57 Å². The molecule has 1 aromatic heterocycles. The number of esters is 1. The maximum atomic E-state index is 11.8. The van der Waals surface area contributed by atoms with Crippen LogP contribution in [-0.2, 0) is 9.53 Å². The lowest BCUT2D eigenvalue weighted by atomic mass is 10.1. The molecule has 2 heterocycles. The van der Waals surface area contributed by atoms with Crippen LogP contribution in [0.2, 0.25) is 0 Å². The second-order valence-corrected chi connectivity index (χ2v) is 3.20. The van der Waals surface area contributed by atoms with E-state index in [2.05, 4.69) is 0 Å². The van der Waals surface area contributed by atoms with Crippen molar-refractivity contribution in [2.75, 3.05) is 6.61 Å². The molecule has 1 aromatic rings. The molecule has 0 unspecified atom stereocenters. The molecule has 0 fully saturated rings. The van der Waals surface area contributed by atoms with Gasteiger partial charge in [0, 0.05) is 12.1 Å². The van der Waals surface area contributed by atoms with E-state index in [9.17, 15) is 14.7 Å². The highest BCUT2D eigenvalue weighted by Gasteiger charge is 2.43. The summed E-state index contributed by atoms with van der Waals surface area (Å²) in [4.78, 5) is 23.2. The molecule has 82 valence electrons. The smallest absolute Gasteiger partial charge is 0.390 e. The summed E-state index contributed by atoms with van der Waals surface area (Å²) in [5.41, 5.74) is -0.0592. The number of rotatable bonds is 2. The van der Waals surface area contributed by atoms with Crippen LogP contribution in [0.5, 0.6) is 0 Å². The van der Waals surface area contributed by atoms with Crippen LogP contribution in [0, 0.1) is 0 Å². The number of ether oxygens (including phenoxy) is 1. The van der Waals surface area contributed by atoms with Crippen molar-refractivity contribution in [1.29, 1.82) is 0 Å². The fraction of sp³-hybridized carbons (Fsp3) is 0.182. The number of aromatic nitrogens is 1. The molecular formula is C11H10NO4+. The van der Waals surface area contributed by atoms with Crippen LogP contribution >= 0.6 is 0 Å². The summed E-state index contributed by atoms with van der Waals surface area (Å²) in [5.74, 6) is -1.69. The molecular weight excluding hydrogens is 210 g/mol. The number of hydrogen-bond acceptors (Lipinski definition) is 4. The summed E-state index contributed by atoms with van der Waals surface area (Å²) in [6, 6.07) is 4.84. The highest BCUT2D eigenvalue weighted by atomic mass is 16.5. The molecule has 0 spiro atoms. The summed E-state index contributed by atoms with van der Waals surface area (Å²) in [6.45, 7) is 1.79. The van der Waals surface area contributed by atoms with Gasteiger partial charge in [0.15, 0.2) is 6.20 Å². The molecule has 5 heteroatoms. The largest absolute Gasteiger partial charge is 0.462 e. The number of Topliss-reactive ketones (excluding diaryl/α,β-unsaturated/α-hetero) is 1. The van der Waals surface area contributed by atoms with Gasteiger partial charge in [-0.05, 0) is 13.0 Å². The molecule has 0 aromatic carbocycles. The van der Waals surface area contributed by atoms with E-state index in [1.165, 1.54) is 16.8 Å². The summed E-state index contributed by atoms with van der Waals surface area (Å²) >= 11 is 0. The highest BCUT2D eigenvalue weighted by molar-refractivity contribution is 6.26. The number of carbonyl (C=O) groups excluding carboxylic acids is 2. The van der Waals surface area contributed by atoms with E-state index in [0.29, 0.717) is 0 Å². The first-order valence-corrected chi connectivity index (χ1v) is 4.83. The van der Waals surface area contributed by atoms with Crippen molar-refractivity contribution in [1.82, 2.24) is 0 Å². The molecule has 0 atom stereocenters. The normalized spacial score (nSPS) is 13.9. The van der Waals surface area contributed by atoms with Crippen molar-refractivity contribution in [3.05, 3.63) is 35.7 Å². The fourth-order valence-electron chi connectivity index (χ4n) is 1.55. The van der Waals surface area contributed by atoms with Gasteiger partial charge >= 0.3 is 11.9 Å². The van der Waals surface area contributed by atoms with Crippen LogP contribution in [0.1, 0.15) is 17.4 Å². The van der Waals surface area contributed by atoms with Crippen molar-refractivity contribution in [3.8, 4) is 0 Å². The molecule has 0 saturated carbocycles. The molecule has 0 aliphatic carbocycles. The highest BCUT2D eigenvalue weighted by Crippen LogP contribution is 2.17. The van der Waals surface area contributed by atoms with Crippen molar-refractivity contribution in [2.24, 2.45) is 0 Å². The molecule has 16 heavy (non-hydrogen) atoms. The standard InChI is InChI=1S/C11H9NO4/c1-2-16-11(15)8-9(13)7-5-3-4-6-12(7)10(8)14/h3-6H,2H2,1H3/p+1. The van der Waals surface area contributed by atoms with Crippen LogP contribution < -0.4 is 4.57 Å². The summed E-state index contributed by atoms with van der Waals surface area (Å²) in [5, 5.41) is 9.73. The van der Waals surface area contributed by atoms with Gasteiger partial charge in [0.25, 0.3) is 11.5 Å². The number of aliphatic hydroxyl groups excluding tert-OH is 1. The number of aliphatic hydroxyl groups is 1. The topological polar surface area (TPSA) is 67.5 Å². The maximum Gasteiger partial charge on any atom is 0.390 e. The Morgan fingerprint density at radius 1 is 1.50 bits per heavy atom. The van der Waals surface area contributed by atoms with E-state index >= 15 is 0 Å². The van der Waals surface area contributed by atoms with Crippen molar-refractivity contribution in [3.63, 3.8) is 0 Å². The Morgan fingerprint density at radius 2 is 2.25 bits per heavy atom. The van der Waals surface area contributed by atoms with E-state index in [0.717, 1.165) is 0 Å². The Kier molecular flexibility index (Phi) is 2.44. The predicted octanol–water partition coefficient (Wildman–Crippen LogP) is 0.460. The van der Waals surface area contributed by atoms with Crippen molar-refractivity contribution < 1.29 is 24.0 Å². The molecule has 0 radical (unpaired) electrons. The van der Waals surface area contributed by atoms with Crippen LogP contribution in [0.15, 0.2) is 30.0 Å². The van der Waals surface area contributed by atoms with Gasteiger partial charge < -0.3 is 9.84 Å². The molecule has 1 aliphatic rings. The molecule has 0 bridgehead atoms. The second-order valence-electron chi connectivity index (χ2n) is 3.20. The van der Waals surface area contributed by atoms with Crippen LogP contribution in [0.4, 0.5) is 0 Å². The Labute approximate surface area is 91.6 Å². The van der Waals surface area contributed by atoms with Crippen molar-refractivity contribution in [2.45, 2.75) is 6.92 Å². The maximum absolute atomic E-state index is 11.8. The molecule has 1 N–H and O–H groups in total. The number of nitrogens with zero attached hydrogens (tertiary/aromatic N) is 1. The monoisotopic (exact) mass is 220 g/mol. The Balaban J connectivity index is 2.48. The van der Waals surface area contributed by atoms with Gasteiger partial charge in [-0.1, -0.05) is 0 Å². The lowest BCUT2D eigenvalue weighted by Gasteiger charge is -1.97. The summed E-state index contributed by atoms with van der Waals surface area (Å²) in [7, 11) is 0. The van der Waals surface area contributed by atoms with E-state index in [4.69, 9.17) is 4.74 Å². The fourth-order valence-corrected chi connectivity index (χ4v) is 1.55.